The van der Waals surface area contributed by atoms with Crippen molar-refractivity contribution in [2.75, 3.05) is 0 Å². The molecule has 0 unspecified atom stereocenters. The van der Waals surface area contributed by atoms with Crippen LogP contribution in [-0.2, 0) is 11.2 Å². The highest BCUT2D eigenvalue weighted by molar-refractivity contribution is 7.12. The molecule has 0 spiro atoms. The van der Waals surface area contributed by atoms with Crippen molar-refractivity contribution in [3.63, 3.8) is 0 Å². The van der Waals surface area contributed by atoms with E-state index in [-0.39, 0.29) is 5.91 Å². The Morgan fingerprint density at radius 3 is 2.91 bits per heavy atom. The molecule has 0 aliphatic heterocycles. The SMILES string of the molecule is Cc1ccc(CC(=O)NN)s1. The van der Waals surface area contributed by atoms with Crippen LogP contribution in [0.1, 0.15) is 9.75 Å². The average molecular weight is 170 g/mol. The van der Waals surface area contributed by atoms with Gasteiger partial charge >= 0.3 is 0 Å². The number of nitrogens with one attached hydrogen (secondary N) is 1. The lowest BCUT2D eigenvalue weighted by Gasteiger charge is -1.94. The van der Waals surface area contributed by atoms with E-state index in [2.05, 4.69) is 5.43 Å². The molecular formula is C7H10N2OS. The molecule has 1 rings (SSSR count). The lowest BCUT2D eigenvalue weighted by molar-refractivity contribution is -0.120. The van der Waals surface area contributed by atoms with Crippen molar-refractivity contribution in [3.8, 4) is 0 Å². The molecule has 3 nitrogen and oxygen atoms in total. The molecule has 1 heterocycles. The van der Waals surface area contributed by atoms with Gasteiger partial charge in [-0.1, -0.05) is 0 Å². The molecule has 0 aromatic carbocycles. The second-order valence-electron chi connectivity index (χ2n) is 2.26. The summed E-state index contributed by atoms with van der Waals surface area (Å²) in [4.78, 5) is 13.0. The standard InChI is InChI=1S/C7H10N2OS/c1-5-2-3-6(11-5)4-7(10)9-8/h2-3H,4,8H2,1H3,(H,9,10). The van der Waals surface area contributed by atoms with Crippen LogP contribution >= 0.6 is 11.3 Å². The van der Waals surface area contributed by atoms with Gasteiger partial charge in [0, 0.05) is 9.75 Å². The number of thiophene rings is 1. The molecular weight excluding hydrogens is 160 g/mol. The van der Waals surface area contributed by atoms with Crippen LogP contribution < -0.4 is 11.3 Å². The van der Waals surface area contributed by atoms with Crippen LogP contribution in [0.15, 0.2) is 12.1 Å². The Kier molecular flexibility index (Phi) is 2.62. The van der Waals surface area contributed by atoms with Gasteiger partial charge in [0.25, 0.3) is 0 Å². The van der Waals surface area contributed by atoms with Crippen molar-refractivity contribution in [2.24, 2.45) is 5.84 Å². The largest absolute Gasteiger partial charge is 0.294 e. The zero-order valence-electron chi connectivity index (χ0n) is 6.26. The lowest BCUT2D eigenvalue weighted by atomic mass is 10.3. The Labute approximate surface area is 69.2 Å². The average Bonchev–Trinajstić information content (AvgIpc) is 2.35. The van der Waals surface area contributed by atoms with Gasteiger partial charge in [0.15, 0.2) is 0 Å². The van der Waals surface area contributed by atoms with E-state index < -0.39 is 0 Å². The van der Waals surface area contributed by atoms with Crippen molar-refractivity contribution in [3.05, 3.63) is 21.9 Å². The number of hydrazine groups is 1. The second kappa shape index (κ2) is 3.50. The minimum absolute atomic E-state index is 0.146. The maximum Gasteiger partial charge on any atom is 0.239 e. The third-order valence-corrected chi connectivity index (χ3v) is 2.29. The van der Waals surface area contributed by atoms with E-state index in [1.165, 1.54) is 4.88 Å². The van der Waals surface area contributed by atoms with Gasteiger partial charge in [-0.3, -0.25) is 10.2 Å². The summed E-state index contributed by atoms with van der Waals surface area (Å²) in [6.07, 6.45) is 0.384. The van der Waals surface area contributed by atoms with E-state index in [9.17, 15) is 4.79 Å². The van der Waals surface area contributed by atoms with Crippen molar-refractivity contribution >= 4 is 17.2 Å². The molecule has 1 amide bonds. The smallest absolute Gasteiger partial charge is 0.239 e. The van der Waals surface area contributed by atoms with E-state index in [0.717, 1.165) is 4.88 Å². The summed E-state index contributed by atoms with van der Waals surface area (Å²) in [5.74, 6) is 4.79. The second-order valence-corrected chi connectivity index (χ2v) is 3.63. The van der Waals surface area contributed by atoms with Gasteiger partial charge in [-0.15, -0.1) is 11.3 Å². The number of rotatable bonds is 2. The van der Waals surface area contributed by atoms with Crippen molar-refractivity contribution in [1.82, 2.24) is 5.43 Å². The molecule has 0 atom stereocenters. The summed E-state index contributed by atoms with van der Waals surface area (Å²) in [5.41, 5.74) is 2.09. The van der Waals surface area contributed by atoms with Crippen molar-refractivity contribution < 1.29 is 4.79 Å². The predicted octanol–water partition coefficient (Wildman–Crippen LogP) is 0.589. The van der Waals surface area contributed by atoms with E-state index in [4.69, 9.17) is 5.84 Å². The summed E-state index contributed by atoms with van der Waals surface area (Å²) >= 11 is 1.62. The van der Waals surface area contributed by atoms with Crippen molar-refractivity contribution in [1.29, 1.82) is 0 Å². The normalized spacial score (nSPS) is 9.64. The number of hydrogen-bond donors (Lipinski definition) is 2. The first-order chi connectivity index (χ1) is 5.22. The molecule has 11 heavy (non-hydrogen) atoms. The zero-order valence-corrected chi connectivity index (χ0v) is 7.07. The first-order valence-electron chi connectivity index (χ1n) is 3.27. The number of carbonyl (C=O) groups is 1. The molecule has 3 N–H and O–H groups in total. The molecule has 0 aliphatic rings. The Balaban J connectivity index is 2.57. The first-order valence-corrected chi connectivity index (χ1v) is 4.09. The summed E-state index contributed by atoms with van der Waals surface area (Å²) in [5, 5.41) is 0. The Morgan fingerprint density at radius 1 is 1.73 bits per heavy atom. The number of carbonyl (C=O) groups excluding carboxylic acids is 1. The van der Waals surface area contributed by atoms with Gasteiger partial charge in [-0.25, -0.2) is 5.84 Å². The molecule has 1 aromatic rings. The van der Waals surface area contributed by atoms with Gasteiger partial charge in [-0.2, -0.15) is 0 Å². The van der Waals surface area contributed by atoms with Gasteiger partial charge < -0.3 is 0 Å². The van der Waals surface area contributed by atoms with Crippen LogP contribution in [0, 0.1) is 6.92 Å². The van der Waals surface area contributed by atoms with Crippen LogP contribution in [0.25, 0.3) is 0 Å². The minimum Gasteiger partial charge on any atom is -0.294 e. The molecule has 0 saturated heterocycles. The van der Waals surface area contributed by atoms with E-state index in [0.29, 0.717) is 6.42 Å². The molecule has 0 radical (unpaired) electrons. The van der Waals surface area contributed by atoms with Gasteiger partial charge in [0.05, 0.1) is 6.42 Å². The van der Waals surface area contributed by atoms with E-state index >= 15 is 0 Å². The van der Waals surface area contributed by atoms with Gasteiger partial charge in [0.2, 0.25) is 5.91 Å². The molecule has 0 aliphatic carbocycles. The highest BCUT2D eigenvalue weighted by Gasteiger charge is 2.02. The predicted molar refractivity (Wildman–Crippen MR) is 45.1 cm³/mol. The zero-order chi connectivity index (χ0) is 8.27. The van der Waals surface area contributed by atoms with Crippen molar-refractivity contribution in [2.45, 2.75) is 13.3 Å². The van der Waals surface area contributed by atoms with E-state index in [1.54, 1.807) is 11.3 Å². The number of aryl methyl sites for hydroxylation is 1. The monoisotopic (exact) mass is 170 g/mol. The maximum absolute atomic E-state index is 10.8. The minimum atomic E-state index is -0.146. The van der Waals surface area contributed by atoms with E-state index in [1.807, 2.05) is 19.1 Å². The number of hydrogen-bond acceptors (Lipinski definition) is 3. The Bertz CT molecular complexity index is 257. The molecule has 60 valence electrons. The third kappa shape index (κ3) is 2.32. The summed E-state index contributed by atoms with van der Waals surface area (Å²) in [7, 11) is 0. The molecule has 0 bridgehead atoms. The fourth-order valence-corrected chi connectivity index (χ4v) is 1.68. The van der Waals surface area contributed by atoms with Gasteiger partial charge in [-0.05, 0) is 19.1 Å². The summed E-state index contributed by atoms with van der Waals surface area (Å²) in [6.45, 7) is 2.01. The Morgan fingerprint density at radius 2 is 2.45 bits per heavy atom. The fourth-order valence-electron chi connectivity index (χ4n) is 0.789. The number of nitrogens with two attached hydrogens (primary N) is 1. The number of amides is 1. The van der Waals surface area contributed by atoms with Crippen LogP contribution in [0.5, 0.6) is 0 Å². The molecule has 4 heteroatoms. The summed E-state index contributed by atoms with van der Waals surface area (Å²) < 4.78 is 0. The maximum atomic E-state index is 10.8. The van der Waals surface area contributed by atoms with Crippen LogP contribution in [0.2, 0.25) is 0 Å². The highest BCUT2D eigenvalue weighted by atomic mass is 32.1. The fraction of sp³-hybridized carbons (Fsp3) is 0.286. The quantitative estimate of drug-likeness (QED) is 0.388. The first kappa shape index (κ1) is 8.23. The molecule has 0 fully saturated rings. The molecule has 1 aromatic heterocycles. The van der Waals surface area contributed by atoms with Crippen LogP contribution in [0.4, 0.5) is 0 Å². The topological polar surface area (TPSA) is 55.1 Å². The lowest BCUT2D eigenvalue weighted by Crippen LogP contribution is -2.31. The van der Waals surface area contributed by atoms with Crippen LogP contribution in [-0.4, -0.2) is 5.91 Å². The molecule has 0 saturated carbocycles. The summed E-state index contributed by atoms with van der Waals surface area (Å²) in [6, 6.07) is 3.93. The highest BCUT2D eigenvalue weighted by Crippen LogP contribution is 2.14. The Hall–Kier alpha value is -0.870. The van der Waals surface area contributed by atoms with Crippen LogP contribution in [0.3, 0.4) is 0 Å². The van der Waals surface area contributed by atoms with Gasteiger partial charge in [0.1, 0.15) is 0 Å². The third-order valence-electron chi connectivity index (χ3n) is 1.29.